The lowest BCUT2D eigenvalue weighted by Crippen LogP contribution is -2.27. The first kappa shape index (κ1) is 12.9. The summed E-state index contributed by atoms with van der Waals surface area (Å²) in [5, 5.41) is 0. The van der Waals surface area contributed by atoms with Crippen molar-refractivity contribution in [2.45, 2.75) is 27.2 Å². The van der Waals surface area contributed by atoms with E-state index in [1.165, 1.54) is 0 Å². The number of carbonyl (C=O) groups excluding carboxylic acids is 2. The predicted octanol–water partition coefficient (Wildman–Crippen LogP) is 1.07. The Morgan fingerprint density at radius 2 is 1.71 bits per heavy atom. The van der Waals surface area contributed by atoms with Crippen LogP contribution in [0.4, 0.5) is 0 Å². The molecule has 0 aliphatic rings. The molecule has 0 fully saturated rings. The van der Waals surface area contributed by atoms with Gasteiger partial charge in [-0.3, -0.25) is 9.68 Å². The van der Waals surface area contributed by atoms with E-state index < -0.39 is 17.9 Å². The first-order valence-electron chi connectivity index (χ1n) is 4.67. The molecule has 0 aliphatic carbocycles. The van der Waals surface area contributed by atoms with Gasteiger partial charge in [-0.05, 0) is 20.3 Å². The fourth-order valence-electron chi connectivity index (χ4n) is 0.847. The van der Waals surface area contributed by atoms with Gasteiger partial charge in [-0.1, -0.05) is 6.92 Å². The Morgan fingerprint density at radius 3 is 2.14 bits per heavy atom. The summed E-state index contributed by atoms with van der Waals surface area (Å²) in [6.07, 6.45) is 0.338. The average Bonchev–Trinajstić information content (AvgIpc) is 2.16. The van der Waals surface area contributed by atoms with Crippen LogP contribution in [0.5, 0.6) is 0 Å². The smallest absolute Gasteiger partial charge is 0.356 e. The molecule has 0 heterocycles. The Balaban J connectivity index is 4.10. The maximum absolute atomic E-state index is 11.2. The van der Waals surface area contributed by atoms with Crippen molar-refractivity contribution in [1.29, 1.82) is 0 Å². The van der Waals surface area contributed by atoms with Crippen LogP contribution in [0.25, 0.3) is 0 Å². The fraction of sp³-hybridized carbons (Fsp3) is 0.778. The van der Waals surface area contributed by atoms with Gasteiger partial charge in [-0.15, -0.1) is 0 Å². The highest BCUT2D eigenvalue weighted by Crippen LogP contribution is 2.08. The average molecular weight is 204 g/mol. The lowest BCUT2D eigenvalue weighted by molar-refractivity contribution is -0.273. The summed E-state index contributed by atoms with van der Waals surface area (Å²) in [5.74, 6) is -2.16. The lowest BCUT2D eigenvalue weighted by Gasteiger charge is -2.10. The molecule has 0 aliphatic heterocycles. The van der Waals surface area contributed by atoms with E-state index in [4.69, 9.17) is 4.74 Å². The normalized spacial score (nSPS) is 11.9. The van der Waals surface area contributed by atoms with Crippen molar-refractivity contribution >= 4 is 11.9 Å². The van der Waals surface area contributed by atoms with Gasteiger partial charge in [0.25, 0.3) is 0 Å². The molecule has 1 atom stereocenters. The van der Waals surface area contributed by atoms with Crippen LogP contribution in [0, 0.1) is 5.92 Å². The minimum absolute atomic E-state index is 0.247. The van der Waals surface area contributed by atoms with E-state index in [0.29, 0.717) is 6.42 Å². The van der Waals surface area contributed by atoms with Crippen LogP contribution >= 0.6 is 0 Å². The third-order valence-electron chi connectivity index (χ3n) is 1.52. The first-order valence-corrected chi connectivity index (χ1v) is 4.67. The van der Waals surface area contributed by atoms with Gasteiger partial charge in [0.2, 0.25) is 0 Å². The van der Waals surface area contributed by atoms with E-state index in [-0.39, 0.29) is 13.2 Å². The molecule has 0 spiro atoms. The Hall–Kier alpha value is -1.10. The molecule has 0 N–H and O–H groups in total. The number of ether oxygens (including phenoxy) is 1. The molecule has 0 aromatic rings. The van der Waals surface area contributed by atoms with E-state index >= 15 is 0 Å². The highest BCUT2D eigenvalue weighted by Gasteiger charge is 2.28. The highest BCUT2D eigenvalue weighted by molar-refractivity contribution is 5.94. The summed E-state index contributed by atoms with van der Waals surface area (Å²) in [6.45, 7) is 5.56. The van der Waals surface area contributed by atoms with Crippen LogP contribution < -0.4 is 0 Å². The Labute approximate surface area is 83.3 Å². The van der Waals surface area contributed by atoms with E-state index in [2.05, 4.69) is 9.78 Å². The summed E-state index contributed by atoms with van der Waals surface area (Å²) < 4.78 is 4.70. The molecule has 0 rings (SSSR count). The zero-order chi connectivity index (χ0) is 11.0. The van der Waals surface area contributed by atoms with E-state index in [9.17, 15) is 9.59 Å². The minimum atomic E-state index is -0.888. The largest absolute Gasteiger partial charge is 0.465 e. The van der Waals surface area contributed by atoms with Crippen LogP contribution in [-0.2, 0) is 24.1 Å². The quantitative estimate of drug-likeness (QED) is 0.280. The fourth-order valence-corrected chi connectivity index (χ4v) is 0.847. The van der Waals surface area contributed by atoms with Crippen LogP contribution in [0.3, 0.4) is 0 Å². The SMILES string of the molecule is CCOOC(=O)C(CC)C(=O)OCC. The third-order valence-corrected chi connectivity index (χ3v) is 1.52. The van der Waals surface area contributed by atoms with Crippen LogP contribution in [0.2, 0.25) is 0 Å². The molecule has 5 nitrogen and oxygen atoms in total. The Kier molecular flexibility index (Phi) is 6.74. The molecule has 5 heteroatoms. The molecular formula is C9H16O5. The lowest BCUT2D eigenvalue weighted by atomic mass is 10.1. The maximum Gasteiger partial charge on any atom is 0.356 e. The van der Waals surface area contributed by atoms with Crippen molar-refractivity contribution in [1.82, 2.24) is 0 Å². The van der Waals surface area contributed by atoms with Crippen molar-refractivity contribution < 1.29 is 24.1 Å². The van der Waals surface area contributed by atoms with Gasteiger partial charge < -0.3 is 4.74 Å². The number of rotatable bonds is 6. The van der Waals surface area contributed by atoms with E-state index in [0.717, 1.165) is 0 Å². The standard InChI is InChI=1S/C9H16O5/c1-4-7(8(10)12-5-2)9(11)14-13-6-3/h7H,4-6H2,1-3H3. The molecule has 0 bridgehead atoms. The summed E-state index contributed by atoms with van der Waals surface area (Å²) in [5.41, 5.74) is 0. The monoisotopic (exact) mass is 204 g/mol. The Morgan fingerprint density at radius 1 is 1.07 bits per heavy atom. The van der Waals surface area contributed by atoms with Crippen molar-refractivity contribution in [2.75, 3.05) is 13.2 Å². The van der Waals surface area contributed by atoms with Crippen LogP contribution in [0.1, 0.15) is 27.2 Å². The second kappa shape index (κ2) is 7.32. The zero-order valence-corrected chi connectivity index (χ0v) is 8.74. The molecule has 0 aromatic heterocycles. The van der Waals surface area contributed by atoms with Gasteiger partial charge >= 0.3 is 11.9 Å². The third kappa shape index (κ3) is 4.23. The first-order chi connectivity index (χ1) is 6.67. The van der Waals surface area contributed by atoms with Gasteiger partial charge in [0.05, 0.1) is 13.2 Å². The summed E-state index contributed by atoms with van der Waals surface area (Å²) in [6, 6.07) is 0. The van der Waals surface area contributed by atoms with Gasteiger partial charge in [0, 0.05) is 0 Å². The topological polar surface area (TPSA) is 61.8 Å². The summed E-state index contributed by atoms with van der Waals surface area (Å²) in [4.78, 5) is 31.2. The second-order valence-electron chi connectivity index (χ2n) is 2.52. The van der Waals surface area contributed by atoms with Crippen molar-refractivity contribution in [3.8, 4) is 0 Å². The van der Waals surface area contributed by atoms with Gasteiger partial charge in [0.15, 0.2) is 5.92 Å². The maximum atomic E-state index is 11.2. The summed E-state index contributed by atoms with van der Waals surface area (Å²) >= 11 is 0. The van der Waals surface area contributed by atoms with Crippen molar-refractivity contribution in [3.63, 3.8) is 0 Å². The molecule has 0 saturated heterocycles. The molecule has 1 unspecified atom stereocenters. The van der Waals surface area contributed by atoms with Gasteiger partial charge in [-0.25, -0.2) is 4.79 Å². The zero-order valence-electron chi connectivity index (χ0n) is 8.74. The van der Waals surface area contributed by atoms with Crippen molar-refractivity contribution in [2.24, 2.45) is 5.92 Å². The van der Waals surface area contributed by atoms with Gasteiger partial charge in [0.1, 0.15) is 0 Å². The van der Waals surface area contributed by atoms with Crippen molar-refractivity contribution in [3.05, 3.63) is 0 Å². The highest BCUT2D eigenvalue weighted by atomic mass is 17.2. The number of carbonyl (C=O) groups is 2. The molecular weight excluding hydrogens is 188 g/mol. The number of hydrogen-bond acceptors (Lipinski definition) is 5. The van der Waals surface area contributed by atoms with Gasteiger partial charge in [-0.2, -0.15) is 4.89 Å². The molecule has 0 amide bonds. The minimum Gasteiger partial charge on any atom is -0.465 e. The molecule has 82 valence electrons. The predicted molar refractivity (Wildman–Crippen MR) is 48.1 cm³/mol. The molecule has 14 heavy (non-hydrogen) atoms. The molecule has 0 radical (unpaired) electrons. The van der Waals surface area contributed by atoms with Crippen LogP contribution in [0.15, 0.2) is 0 Å². The molecule has 0 aromatic carbocycles. The van der Waals surface area contributed by atoms with E-state index in [1.54, 1.807) is 20.8 Å². The summed E-state index contributed by atoms with van der Waals surface area (Å²) in [7, 11) is 0. The number of hydrogen-bond donors (Lipinski definition) is 0. The second-order valence-corrected chi connectivity index (χ2v) is 2.52. The molecule has 0 saturated carbocycles. The Bertz CT molecular complexity index is 190. The van der Waals surface area contributed by atoms with Crippen LogP contribution in [-0.4, -0.2) is 25.2 Å². The number of esters is 1. The van der Waals surface area contributed by atoms with E-state index in [1.807, 2.05) is 0 Å².